The highest BCUT2D eigenvalue weighted by molar-refractivity contribution is 5.95. The highest BCUT2D eigenvalue weighted by atomic mass is 19.2. The van der Waals surface area contributed by atoms with Gasteiger partial charge in [-0.25, -0.2) is 13.2 Å². The van der Waals surface area contributed by atoms with Gasteiger partial charge in [0.05, 0.1) is 5.69 Å². The minimum absolute atomic E-state index is 0.00783. The molecule has 0 aliphatic carbocycles. The van der Waals surface area contributed by atoms with Crippen LogP contribution in [0.15, 0.2) is 30.3 Å². The van der Waals surface area contributed by atoms with E-state index in [4.69, 9.17) is 9.47 Å². The molecular weight excluding hydrogens is 377 g/mol. The topological polar surface area (TPSA) is 67.9 Å². The van der Waals surface area contributed by atoms with Crippen LogP contribution in [0.5, 0.6) is 11.5 Å². The van der Waals surface area contributed by atoms with Gasteiger partial charge in [-0.2, -0.15) is 0 Å². The maximum absolute atomic E-state index is 13.7. The molecule has 0 saturated heterocycles. The number of halogens is 3. The summed E-state index contributed by atoms with van der Waals surface area (Å²) in [5.41, 5.74) is 0.0289. The molecule has 0 unspecified atom stereocenters. The summed E-state index contributed by atoms with van der Waals surface area (Å²) in [4.78, 5) is 25.4. The fourth-order valence-corrected chi connectivity index (χ4v) is 2.72. The van der Waals surface area contributed by atoms with Crippen molar-refractivity contribution in [2.75, 3.05) is 30.0 Å². The summed E-state index contributed by atoms with van der Waals surface area (Å²) in [7, 11) is 0. The minimum Gasteiger partial charge on any atom is -0.486 e. The number of rotatable bonds is 5. The number of fused-ring (bicyclic) bond motifs is 1. The van der Waals surface area contributed by atoms with Crippen LogP contribution in [0.25, 0.3) is 0 Å². The molecule has 1 aliphatic rings. The summed E-state index contributed by atoms with van der Waals surface area (Å²) in [6, 6.07) is 6.58. The van der Waals surface area contributed by atoms with Gasteiger partial charge in [-0.3, -0.25) is 9.59 Å². The summed E-state index contributed by atoms with van der Waals surface area (Å²) in [6.07, 6.45) is -0.188. The first-order valence-corrected chi connectivity index (χ1v) is 8.48. The second-order valence-corrected chi connectivity index (χ2v) is 6.02. The van der Waals surface area contributed by atoms with Crippen LogP contribution < -0.4 is 19.7 Å². The van der Waals surface area contributed by atoms with E-state index in [1.807, 2.05) is 0 Å². The lowest BCUT2D eigenvalue weighted by atomic mass is 10.2. The van der Waals surface area contributed by atoms with Crippen LogP contribution in [0, 0.1) is 17.5 Å². The molecule has 6 nitrogen and oxygen atoms in total. The Hall–Kier alpha value is -3.23. The van der Waals surface area contributed by atoms with E-state index >= 15 is 0 Å². The van der Waals surface area contributed by atoms with E-state index in [9.17, 15) is 22.8 Å². The van der Waals surface area contributed by atoms with E-state index in [0.29, 0.717) is 36.5 Å². The number of nitrogens with zero attached hydrogens (tertiary/aromatic N) is 1. The molecule has 0 saturated carbocycles. The predicted octanol–water partition coefficient (Wildman–Crippen LogP) is 3.26. The quantitative estimate of drug-likeness (QED) is 0.791. The fourth-order valence-electron chi connectivity index (χ4n) is 2.72. The van der Waals surface area contributed by atoms with Crippen molar-refractivity contribution in [2.45, 2.75) is 13.3 Å². The van der Waals surface area contributed by atoms with Crippen molar-refractivity contribution < 1.29 is 32.2 Å². The van der Waals surface area contributed by atoms with E-state index < -0.39 is 29.0 Å². The number of ether oxygens (including phenoxy) is 2. The van der Waals surface area contributed by atoms with Crippen molar-refractivity contribution in [3.05, 3.63) is 47.8 Å². The summed E-state index contributed by atoms with van der Waals surface area (Å²) < 4.78 is 50.8. The van der Waals surface area contributed by atoms with Crippen molar-refractivity contribution in [1.82, 2.24) is 0 Å². The van der Waals surface area contributed by atoms with Gasteiger partial charge in [0, 0.05) is 31.6 Å². The van der Waals surface area contributed by atoms with Crippen LogP contribution in [-0.4, -0.2) is 31.6 Å². The third kappa shape index (κ3) is 4.19. The summed E-state index contributed by atoms with van der Waals surface area (Å²) >= 11 is 0. The van der Waals surface area contributed by atoms with Crippen molar-refractivity contribution in [3.63, 3.8) is 0 Å². The number of anilines is 2. The average molecular weight is 394 g/mol. The molecule has 2 amide bonds. The van der Waals surface area contributed by atoms with Gasteiger partial charge in [0.1, 0.15) is 13.2 Å². The van der Waals surface area contributed by atoms with Gasteiger partial charge in [0.2, 0.25) is 11.8 Å². The Morgan fingerprint density at radius 2 is 1.75 bits per heavy atom. The van der Waals surface area contributed by atoms with Crippen molar-refractivity contribution >= 4 is 23.2 Å². The molecule has 3 rings (SSSR count). The second-order valence-electron chi connectivity index (χ2n) is 6.02. The van der Waals surface area contributed by atoms with Gasteiger partial charge in [-0.05, 0) is 24.3 Å². The van der Waals surface area contributed by atoms with Gasteiger partial charge < -0.3 is 19.7 Å². The van der Waals surface area contributed by atoms with Crippen molar-refractivity contribution in [2.24, 2.45) is 0 Å². The standard InChI is InChI=1S/C19H17F3N2O4/c1-11(25)24(12-2-5-15-16(10-12)28-9-8-27-15)7-6-17(26)23-14-4-3-13(20)18(21)19(14)22/h2-5,10H,6-9H2,1H3,(H,23,26). The maximum atomic E-state index is 13.7. The summed E-state index contributed by atoms with van der Waals surface area (Å²) in [6.45, 7) is 2.15. The molecule has 0 spiro atoms. The lowest BCUT2D eigenvalue weighted by Crippen LogP contribution is -2.32. The molecule has 1 heterocycles. The van der Waals surface area contributed by atoms with Crippen molar-refractivity contribution in [3.8, 4) is 11.5 Å². The monoisotopic (exact) mass is 394 g/mol. The first-order chi connectivity index (χ1) is 13.4. The van der Waals surface area contributed by atoms with E-state index in [-0.39, 0.29) is 18.9 Å². The first-order valence-electron chi connectivity index (χ1n) is 8.48. The molecule has 1 aliphatic heterocycles. The highest BCUT2D eigenvalue weighted by Crippen LogP contribution is 2.34. The van der Waals surface area contributed by atoms with E-state index in [2.05, 4.69) is 5.32 Å². The molecular formula is C19H17F3N2O4. The van der Waals surface area contributed by atoms with Crippen LogP contribution in [0.1, 0.15) is 13.3 Å². The molecule has 148 valence electrons. The van der Waals surface area contributed by atoms with E-state index in [1.165, 1.54) is 11.8 Å². The molecule has 0 fully saturated rings. The zero-order valence-corrected chi connectivity index (χ0v) is 14.9. The second kappa shape index (κ2) is 8.20. The summed E-state index contributed by atoms with van der Waals surface area (Å²) in [5, 5.41) is 2.17. The molecule has 0 aromatic heterocycles. The minimum atomic E-state index is -1.67. The number of nitrogens with one attached hydrogen (secondary N) is 1. The molecule has 2 aromatic rings. The van der Waals surface area contributed by atoms with E-state index in [0.717, 1.165) is 6.07 Å². The first kappa shape index (κ1) is 19.5. The Morgan fingerprint density at radius 1 is 1.04 bits per heavy atom. The number of benzene rings is 2. The molecule has 28 heavy (non-hydrogen) atoms. The zero-order valence-electron chi connectivity index (χ0n) is 14.9. The van der Waals surface area contributed by atoms with Gasteiger partial charge in [-0.15, -0.1) is 0 Å². The molecule has 0 bridgehead atoms. The van der Waals surface area contributed by atoms with Crippen LogP contribution >= 0.6 is 0 Å². The van der Waals surface area contributed by atoms with Crippen LogP contribution in [0.2, 0.25) is 0 Å². The molecule has 1 N–H and O–H groups in total. The van der Waals surface area contributed by atoms with Gasteiger partial charge in [0.15, 0.2) is 29.0 Å². The van der Waals surface area contributed by atoms with Crippen LogP contribution in [0.4, 0.5) is 24.5 Å². The Labute approximate surface area is 158 Å². The third-order valence-electron chi connectivity index (χ3n) is 4.09. The Balaban J connectivity index is 1.68. The lowest BCUT2D eigenvalue weighted by molar-refractivity contribution is -0.117. The highest BCUT2D eigenvalue weighted by Gasteiger charge is 2.19. The Kier molecular flexibility index (Phi) is 5.72. The SMILES string of the molecule is CC(=O)N(CCC(=O)Nc1ccc(F)c(F)c1F)c1ccc2c(c1)OCCO2. The smallest absolute Gasteiger partial charge is 0.226 e. The number of amides is 2. The molecule has 2 aromatic carbocycles. The van der Waals surface area contributed by atoms with Crippen LogP contribution in [0.3, 0.4) is 0 Å². The van der Waals surface area contributed by atoms with Gasteiger partial charge in [-0.1, -0.05) is 0 Å². The third-order valence-corrected chi connectivity index (χ3v) is 4.09. The number of carbonyl (C=O) groups is 2. The van der Waals surface area contributed by atoms with Crippen LogP contribution in [-0.2, 0) is 9.59 Å². The molecule has 0 radical (unpaired) electrons. The summed E-state index contributed by atoms with van der Waals surface area (Å²) in [5.74, 6) is -4.43. The van der Waals surface area contributed by atoms with E-state index in [1.54, 1.807) is 18.2 Å². The number of hydrogen-bond acceptors (Lipinski definition) is 4. The zero-order chi connectivity index (χ0) is 20.3. The fraction of sp³-hybridized carbons (Fsp3) is 0.263. The maximum Gasteiger partial charge on any atom is 0.226 e. The number of carbonyl (C=O) groups excluding carboxylic acids is 2. The van der Waals surface area contributed by atoms with Gasteiger partial charge >= 0.3 is 0 Å². The molecule has 0 atom stereocenters. The Morgan fingerprint density at radius 3 is 2.46 bits per heavy atom. The number of hydrogen-bond donors (Lipinski definition) is 1. The Bertz CT molecular complexity index is 920. The predicted molar refractivity (Wildman–Crippen MR) is 95.0 cm³/mol. The van der Waals surface area contributed by atoms with Crippen molar-refractivity contribution in [1.29, 1.82) is 0 Å². The lowest BCUT2D eigenvalue weighted by Gasteiger charge is -2.24. The average Bonchev–Trinajstić information content (AvgIpc) is 2.68. The molecule has 9 heteroatoms. The van der Waals surface area contributed by atoms with Gasteiger partial charge in [0.25, 0.3) is 0 Å². The largest absolute Gasteiger partial charge is 0.486 e. The normalized spacial score (nSPS) is 12.4.